The van der Waals surface area contributed by atoms with Crippen LogP contribution in [0.15, 0.2) is 0 Å². The lowest BCUT2D eigenvalue weighted by atomic mass is 9.99. The zero-order valence-corrected chi connectivity index (χ0v) is 10.2. The number of Topliss-reactive ketones (excluding diaryl/α,β-unsaturated/α-hetero) is 1. The molecular formula is C12H21NO2. The molecule has 0 spiro atoms. The molecule has 3 nitrogen and oxygen atoms in total. The second kappa shape index (κ2) is 4.33. The van der Waals surface area contributed by atoms with Crippen LogP contribution >= 0.6 is 0 Å². The summed E-state index contributed by atoms with van der Waals surface area (Å²) in [5, 5.41) is 0. The molecule has 0 N–H and O–H groups in total. The van der Waals surface area contributed by atoms with E-state index in [4.69, 9.17) is 0 Å². The predicted octanol–water partition coefficient (Wildman–Crippen LogP) is 2.00. The molecule has 1 heterocycles. The van der Waals surface area contributed by atoms with Gasteiger partial charge in [-0.15, -0.1) is 0 Å². The van der Waals surface area contributed by atoms with Crippen LogP contribution in [0.25, 0.3) is 0 Å². The van der Waals surface area contributed by atoms with E-state index in [-0.39, 0.29) is 11.7 Å². The molecule has 1 fully saturated rings. The van der Waals surface area contributed by atoms with Gasteiger partial charge in [0.25, 0.3) is 0 Å². The smallest absolute Gasteiger partial charge is 0.223 e. The minimum Gasteiger partial charge on any atom is -0.330 e. The molecule has 0 atom stereocenters. The summed E-state index contributed by atoms with van der Waals surface area (Å²) in [6.07, 6.45) is 1.98. The molecule has 3 heteroatoms. The van der Waals surface area contributed by atoms with Gasteiger partial charge in [0.1, 0.15) is 0 Å². The van der Waals surface area contributed by atoms with Gasteiger partial charge in [0.2, 0.25) is 5.91 Å². The summed E-state index contributed by atoms with van der Waals surface area (Å²) in [5.41, 5.74) is -0.575. The third-order valence-corrected chi connectivity index (χ3v) is 3.16. The number of carbonyl (C=O) groups is 2. The molecule has 0 aromatic heterocycles. The fourth-order valence-corrected chi connectivity index (χ4v) is 1.93. The van der Waals surface area contributed by atoms with Gasteiger partial charge in [-0.2, -0.15) is 0 Å². The Morgan fingerprint density at radius 1 is 1.47 bits per heavy atom. The van der Waals surface area contributed by atoms with Crippen molar-refractivity contribution in [1.82, 2.24) is 4.90 Å². The largest absolute Gasteiger partial charge is 0.330 e. The first-order chi connectivity index (χ1) is 6.85. The molecule has 1 aliphatic heterocycles. The van der Waals surface area contributed by atoms with Gasteiger partial charge in [0.05, 0.1) is 5.54 Å². The third kappa shape index (κ3) is 2.58. The van der Waals surface area contributed by atoms with E-state index < -0.39 is 5.54 Å². The second-order valence-corrected chi connectivity index (χ2v) is 5.21. The first-order valence-electron chi connectivity index (χ1n) is 5.69. The molecule has 0 aliphatic carbocycles. The van der Waals surface area contributed by atoms with Crippen molar-refractivity contribution in [3.8, 4) is 0 Å². The summed E-state index contributed by atoms with van der Waals surface area (Å²) in [4.78, 5) is 25.2. The number of amides is 1. The van der Waals surface area contributed by atoms with Crippen LogP contribution in [0.3, 0.4) is 0 Å². The Hall–Kier alpha value is -0.860. The second-order valence-electron chi connectivity index (χ2n) is 5.21. The first-order valence-corrected chi connectivity index (χ1v) is 5.69. The van der Waals surface area contributed by atoms with Gasteiger partial charge in [-0.05, 0) is 26.2 Å². The molecule has 1 saturated heterocycles. The van der Waals surface area contributed by atoms with Crippen molar-refractivity contribution < 1.29 is 9.59 Å². The molecule has 0 unspecified atom stereocenters. The van der Waals surface area contributed by atoms with E-state index in [9.17, 15) is 9.59 Å². The number of rotatable bonds is 3. The summed E-state index contributed by atoms with van der Waals surface area (Å²) in [7, 11) is 0. The minimum absolute atomic E-state index is 0.125. The van der Waals surface area contributed by atoms with E-state index in [1.807, 2.05) is 13.8 Å². The number of hydrogen-bond donors (Lipinski definition) is 0. The lowest BCUT2D eigenvalue weighted by molar-refractivity contribution is -0.139. The van der Waals surface area contributed by atoms with Crippen LogP contribution in [0, 0.1) is 5.92 Å². The summed E-state index contributed by atoms with van der Waals surface area (Å²) < 4.78 is 0. The van der Waals surface area contributed by atoms with Crippen molar-refractivity contribution in [3.05, 3.63) is 0 Å². The zero-order chi connectivity index (χ0) is 11.6. The number of ketones is 1. The predicted molar refractivity (Wildman–Crippen MR) is 59.5 cm³/mol. The van der Waals surface area contributed by atoms with Crippen molar-refractivity contribution in [1.29, 1.82) is 0 Å². The maximum Gasteiger partial charge on any atom is 0.223 e. The van der Waals surface area contributed by atoms with Crippen LogP contribution in [0.1, 0.15) is 47.0 Å². The minimum atomic E-state index is -0.575. The van der Waals surface area contributed by atoms with Crippen molar-refractivity contribution >= 4 is 11.7 Å². The molecule has 1 amide bonds. The molecule has 0 aromatic carbocycles. The lowest BCUT2D eigenvalue weighted by Gasteiger charge is -2.30. The topological polar surface area (TPSA) is 37.4 Å². The van der Waals surface area contributed by atoms with Gasteiger partial charge in [-0.1, -0.05) is 13.8 Å². The molecule has 86 valence electrons. The highest BCUT2D eigenvalue weighted by atomic mass is 16.2. The van der Waals surface area contributed by atoms with Crippen LogP contribution in [0.4, 0.5) is 0 Å². The Kier molecular flexibility index (Phi) is 3.53. The third-order valence-electron chi connectivity index (χ3n) is 3.16. The van der Waals surface area contributed by atoms with E-state index >= 15 is 0 Å². The monoisotopic (exact) mass is 211 g/mol. The quantitative estimate of drug-likeness (QED) is 0.716. The lowest BCUT2D eigenvalue weighted by Crippen LogP contribution is -2.46. The molecule has 1 rings (SSSR count). The number of likely N-dealkylation sites (tertiary alicyclic amines) is 1. The zero-order valence-electron chi connectivity index (χ0n) is 10.2. The number of nitrogens with zero attached hydrogens (tertiary/aromatic N) is 1. The molecule has 0 bridgehead atoms. The van der Waals surface area contributed by atoms with Gasteiger partial charge in [0, 0.05) is 19.4 Å². The van der Waals surface area contributed by atoms with Gasteiger partial charge >= 0.3 is 0 Å². The first kappa shape index (κ1) is 12.2. The summed E-state index contributed by atoms with van der Waals surface area (Å²) in [6.45, 7) is 8.50. The fourth-order valence-electron chi connectivity index (χ4n) is 1.93. The van der Waals surface area contributed by atoms with Gasteiger partial charge < -0.3 is 4.90 Å². The Morgan fingerprint density at radius 2 is 2.07 bits per heavy atom. The Morgan fingerprint density at radius 3 is 2.47 bits per heavy atom. The van der Waals surface area contributed by atoms with E-state index in [1.54, 1.807) is 4.90 Å². The average Bonchev–Trinajstić information content (AvgIpc) is 2.38. The Bertz CT molecular complexity index is 269. The highest BCUT2D eigenvalue weighted by Gasteiger charge is 2.42. The van der Waals surface area contributed by atoms with Crippen molar-refractivity contribution in [3.63, 3.8) is 0 Å². The molecule has 0 aromatic rings. The molecule has 1 aliphatic rings. The average molecular weight is 211 g/mol. The van der Waals surface area contributed by atoms with E-state index in [0.717, 1.165) is 6.42 Å². The van der Waals surface area contributed by atoms with Crippen LogP contribution in [0.5, 0.6) is 0 Å². The van der Waals surface area contributed by atoms with E-state index in [0.29, 0.717) is 25.3 Å². The SMILES string of the molecule is CC(C)CCC(=O)N1CCC(=O)C1(C)C. The van der Waals surface area contributed by atoms with E-state index in [1.165, 1.54) is 0 Å². The highest BCUT2D eigenvalue weighted by molar-refractivity contribution is 5.95. The van der Waals surface area contributed by atoms with Crippen LogP contribution < -0.4 is 0 Å². The van der Waals surface area contributed by atoms with Crippen molar-refractivity contribution in [2.24, 2.45) is 5.92 Å². The van der Waals surface area contributed by atoms with Gasteiger partial charge in [-0.3, -0.25) is 9.59 Å². The van der Waals surface area contributed by atoms with Crippen LogP contribution in [-0.4, -0.2) is 28.7 Å². The number of hydrogen-bond acceptors (Lipinski definition) is 2. The highest BCUT2D eigenvalue weighted by Crippen LogP contribution is 2.26. The summed E-state index contributed by atoms with van der Waals surface area (Å²) in [5.74, 6) is 0.843. The standard InChI is InChI=1S/C12H21NO2/c1-9(2)5-6-11(15)13-8-7-10(14)12(13,3)4/h9H,5-8H2,1-4H3. The molecule has 0 saturated carbocycles. The van der Waals surface area contributed by atoms with Gasteiger partial charge in [-0.25, -0.2) is 0 Å². The molecule has 15 heavy (non-hydrogen) atoms. The Labute approximate surface area is 91.8 Å². The van der Waals surface area contributed by atoms with Crippen molar-refractivity contribution in [2.75, 3.05) is 6.54 Å². The van der Waals surface area contributed by atoms with Crippen LogP contribution in [0.2, 0.25) is 0 Å². The maximum atomic E-state index is 11.9. The summed E-state index contributed by atoms with van der Waals surface area (Å²) >= 11 is 0. The fraction of sp³-hybridized carbons (Fsp3) is 0.833. The van der Waals surface area contributed by atoms with Crippen LogP contribution in [-0.2, 0) is 9.59 Å². The normalized spacial score (nSPS) is 20.1. The van der Waals surface area contributed by atoms with Gasteiger partial charge in [0.15, 0.2) is 5.78 Å². The maximum absolute atomic E-state index is 11.9. The van der Waals surface area contributed by atoms with E-state index in [2.05, 4.69) is 13.8 Å². The molecule has 0 radical (unpaired) electrons. The number of carbonyl (C=O) groups excluding carboxylic acids is 2. The Balaban J connectivity index is 2.57. The van der Waals surface area contributed by atoms with Crippen molar-refractivity contribution in [2.45, 2.75) is 52.5 Å². The summed E-state index contributed by atoms with van der Waals surface area (Å²) in [6, 6.07) is 0. The molecular weight excluding hydrogens is 190 g/mol.